The van der Waals surface area contributed by atoms with E-state index >= 15 is 0 Å². The topological polar surface area (TPSA) is 87.7 Å². The Balaban J connectivity index is 0.00000141. The third-order valence-electron chi connectivity index (χ3n) is 2.89. The molecule has 0 aliphatic carbocycles. The van der Waals surface area contributed by atoms with Gasteiger partial charge in [-0.1, -0.05) is 6.92 Å². The summed E-state index contributed by atoms with van der Waals surface area (Å²) in [6, 6.07) is 7.30. The number of hydrogen-bond donors (Lipinski definition) is 3. The van der Waals surface area contributed by atoms with E-state index in [1.165, 1.54) is 11.9 Å². The molecule has 6 nitrogen and oxygen atoms in total. The lowest BCUT2D eigenvalue weighted by atomic mass is 10.2. The maximum Gasteiger partial charge on any atom is 0.303 e. The van der Waals surface area contributed by atoms with Gasteiger partial charge in [-0.05, 0) is 49.2 Å². The second kappa shape index (κ2) is 14.9. The zero-order valence-electron chi connectivity index (χ0n) is 15.4. The Morgan fingerprint density at radius 3 is 2.42 bits per heavy atom. The van der Waals surface area contributed by atoms with E-state index in [0.29, 0.717) is 12.2 Å². The summed E-state index contributed by atoms with van der Waals surface area (Å²) in [5.74, 6) is 2.00. The predicted molar refractivity (Wildman–Crippen MR) is 106 cm³/mol. The zero-order chi connectivity index (χ0) is 19.8. The number of carbonyl (C=O) groups is 2. The summed E-state index contributed by atoms with van der Waals surface area (Å²) < 4.78 is 8.19. The fourth-order valence-electron chi connectivity index (χ4n) is 1.44. The van der Waals surface area contributed by atoms with E-state index in [4.69, 9.17) is 16.3 Å². The molecular formula is C19H26N2O4S. The van der Waals surface area contributed by atoms with Crippen molar-refractivity contribution in [3.63, 3.8) is 0 Å². The van der Waals surface area contributed by atoms with Gasteiger partial charge in [-0.2, -0.15) is 0 Å². The number of aliphatic carboxylic acids is 1. The van der Waals surface area contributed by atoms with Crippen molar-refractivity contribution in [3.05, 3.63) is 36.1 Å². The van der Waals surface area contributed by atoms with Crippen LogP contribution >= 0.6 is 11.9 Å². The average molecular weight is 378 g/mol. The van der Waals surface area contributed by atoms with Crippen molar-refractivity contribution in [3.8, 4) is 12.3 Å². The summed E-state index contributed by atoms with van der Waals surface area (Å²) in [6.45, 7) is 4.51. The normalized spacial score (nSPS) is 10.2. The van der Waals surface area contributed by atoms with Gasteiger partial charge in [-0.15, -0.1) is 12.3 Å². The first-order chi connectivity index (χ1) is 12.4. The number of allylic oxidation sites excluding steroid dienone is 1. The van der Waals surface area contributed by atoms with Crippen molar-refractivity contribution in [2.45, 2.75) is 38.0 Å². The maximum atomic E-state index is 11.5. The highest BCUT2D eigenvalue weighted by Gasteiger charge is 2.05. The summed E-state index contributed by atoms with van der Waals surface area (Å²) in [5, 5.41) is 11.2. The second-order valence-electron chi connectivity index (χ2n) is 4.99. The molecule has 0 heterocycles. The van der Waals surface area contributed by atoms with Crippen LogP contribution in [0.2, 0.25) is 0 Å². The molecule has 1 aromatic rings. The number of amides is 1. The fourth-order valence-corrected chi connectivity index (χ4v) is 2.05. The summed E-state index contributed by atoms with van der Waals surface area (Å²) in [4.78, 5) is 22.9. The number of methoxy groups -OCH3 is 1. The zero-order valence-corrected chi connectivity index (χ0v) is 16.2. The summed E-state index contributed by atoms with van der Waals surface area (Å²) in [5.41, 5.74) is 0.648. The molecule has 0 saturated carbocycles. The van der Waals surface area contributed by atoms with Crippen molar-refractivity contribution in [1.82, 2.24) is 4.72 Å². The fraction of sp³-hybridized carbons (Fsp3) is 0.368. The standard InChI is InChI=1S/C15H20N2O4S.C4H6/c1-11(21-2)9-10-16-22-13-5-3-12(4-6-13)17-14(18)7-8-15(19)20;1-3-4-2/h3-6,9,16H,7-8,10H2,1-2H3,(H,17,18)(H,19,20);1H,4H2,2H3/b11-9-;. The van der Waals surface area contributed by atoms with Gasteiger partial charge in [0.25, 0.3) is 0 Å². The lowest BCUT2D eigenvalue weighted by Gasteiger charge is -2.06. The van der Waals surface area contributed by atoms with Crippen LogP contribution in [0.3, 0.4) is 0 Å². The quantitative estimate of drug-likeness (QED) is 0.263. The molecular weight excluding hydrogens is 352 g/mol. The van der Waals surface area contributed by atoms with Gasteiger partial charge in [0.1, 0.15) is 0 Å². The van der Waals surface area contributed by atoms with Crippen molar-refractivity contribution in [2.24, 2.45) is 0 Å². The van der Waals surface area contributed by atoms with Crippen LogP contribution in [0.1, 0.15) is 33.1 Å². The monoisotopic (exact) mass is 378 g/mol. The number of carboxylic acids is 1. The summed E-state index contributed by atoms with van der Waals surface area (Å²) >= 11 is 1.47. The predicted octanol–water partition coefficient (Wildman–Crippen LogP) is 3.67. The maximum absolute atomic E-state index is 11.5. The Kier molecular flexibility index (Phi) is 13.5. The molecule has 0 aliphatic rings. The molecule has 7 heteroatoms. The number of hydrogen-bond acceptors (Lipinski definition) is 5. The van der Waals surface area contributed by atoms with E-state index in [0.717, 1.165) is 17.1 Å². The highest BCUT2D eigenvalue weighted by molar-refractivity contribution is 7.97. The molecule has 0 unspecified atom stereocenters. The van der Waals surface area contributed by atoms with Gasteiger partial charge < -0.3 is 15.2 Å². The van der Waals surface area contributed by atoms with Crippen LogP contribution in [0.25, 0.3) is 0 Å². The molecule has 142 valence electrons. The summed E-state index contributed by atoms with van der Waals surface area (Å²) in [7, 11) is 1.63. The molecule has 0 aromatic heterocycles. The number of ether oxygens (including phenoxy) is 1. The van der Waals surface area contributed by atoms with Crippen molar-refractivity contribution < 1.29 is 19.4 Å². The minimum Gasteiger partial charge on any atom is -0.502 e. The number of benzene rings is 1. The van der Waals surface area contributed by atoms with E-state index < -0.39 is 5.97 Å². The van der Waals surface area contributed by atoms with Crippen LogP contribution in [0.4, 0.5) is 5.69 Å². The first-order valence-corrected chi connectivity index (χ1v) is 8.90. The number of anilines is 1. The van der Waals surface area contributed by atoms with Crippen molar-refractivity contribution in [2.75, 3.05) is 19.0 Å². The molecule has 0 aliphatic heterocycles. The molecule has 0 fully saturated rings. The minimum atomic E-state index is -0.981. The van der Waals surface area contributed by atoms with Crippen LogP contribution in [-0.4, -0.2) is 30.6 Å². The van der Waals surface area contributed by atoms with E-state index in [1.807, 2.05) is 32.1 Å². The Labute approximate surface area is 159 Å². The van der Waals surface area contributed by atoms with Gasteiger partial charge in [-0.3, -0.25) is 14.3 Å². The third kappa shape index (κ3) is 12.9. The van der Waals surface area contributed by atoms with Crippen LogP contribution in [-0.2, 0) is 14.3 Å². The van der Waals surface area contributed by atoms with Crippen molar-refractivity contribution in [1.29, 1.82) is 0 Å². The first-order valence-electron chi connectivity index (χ1n) is 8.08. The molecule has 0 radical (unpaired) electrons. The SMILES string of the molecule is C#CCC.CO/C(C)=C\CNSc1ccc(NC(=O)CCC(=O)O)cc1. The lowest BCUT2D eigenvalue weighted by Crippen LogP contribution is -2.13. The number of nitrogens with one attached hydrogen (secondary N) is 2. The van der Waals surface area contributed by atoms with Crippen LogP contribution < -0.4 is 10.0 Å². The Hall–Kier alpha value is -2.43. The van der Waals surface area contributed by atoms with Gasteiger partial charge in [0.05, 0.1) is 19.3 Å². The molecule has 0 atom stereocenters. The second-order valence-corrected chi connectivity index (χ2v) is 5.96. The molecule has 0 spiro atoms. The number of rotatable bonds is 9. The third-order valence-corrected chi connectivity index (χ3v) is 3.71. The number of carboxylic acid groups (broad SMARTS) is 1. The van der Waals surface area contributed by atoms with Gasteiger partial charge in [0.15, 0.2) is 0 Å². The van der Waals surface area contributed by atoms with Gasteiger partial charge in [0.2, 0.25) is 5.91 Å². The van der Waals surface area contributed by atoms with Gasteiger partial charge in [0, 0.05) is 30.0 Å². The minimum absolute atomic E-state index is 0.0292. The highest BCUT2D eigenvalue weighted by Crippen LogP contribution is 2.18. The smallest absolute Gasteiger partial charge is 0.303 e. The Bertz CT molecular complexity index is 621. The number of terminal acetylenes is 1. The first kappa shape index (κ1) is 23.6. The Morgan fingerprint density at radius 2 is 1.92 bits per heavy atom. The van der Waals surface area contributed by atoms with E-state index in [2.05, 4.69) is 16.0 Å². The molecule has 26 heavy (non-hydrogen) atoms. The van der Waals surface area contributed by atoms with Crippen LogP contribution in [0.5, 0.6) is 0 Å². The van der Waals surface area contributed by atoms with E-state index in [9.17, 15) is 9.59 Å². The highest BCUT2D eigenvalue weighted by atomic mass is 32.2. The van der Waals surface area contributed by atoms with Gasteiger partial charge >= 0.3 is 5.97 Å². The molecule has 3 N–H and O–H groups in total. The molecule has 0 bridgehead atoms. The average Bonchev–Trinajstić information content (AvgIpc) is 2.64. The van der Waals surface area contributed by atoms with E-state index in [-0.39, 0.29) is 18.7 Å². The Morgan fingerprint density at radius 1 is 1.31 bits per heavy atom. The van der Waals surface area contributed by atoms with Crippen molar-refractivity contribution >= 4 is 29.5 Å². The number of carbonyl (C=O) groups excluding carboxylic acids is 1. The molecule has 1 rings (SSSR count). The molecule has 0 saturated heterocycles. The van der Waals surface area contributed by atoms with Gasteiger partial charge in [-0.25, -0.2) is 0 Å². The lowest BCUT2D eigenvalue weighted by molar-refractivity contribution is -0.138. The summed E-state index contributed by atoms with van der Waals surface area (Å²) in [6.07, 6.45) is 7.36. The molecule has 1 aromatic carbocycles. The van der Waals surface area contributed by atoms with E-state index in [1.54, 1.807) is 19.2 Å². The van der Waals surface area contributed by atoms with Crippen LogP contribution in [0.15, 0.2) is 41.0 Å². The molecule has 1 amide bonds. The largest absolute Gasteiger partial charge is 0.502 e. The van der Waals surface area contributed by atoms with Crippen LogP contribution in [0, 0.1) is 12.3 Å².